The standard InChI is InChI=1S/C15H24N2O2/c1-3-17(4-2)15(18)13-7-5-9-16(11-13)12-14-8-6-10-19-14/h6,8,10,13H,3-5,7,9,11-12H2,1-2H3. The van der Waals surface area contributed by atoms with Gasteiger partial charge in [-0.25, -0.2) is 0 Å². The first kappa shape index (κ1) is 14.1. The van der Waals surface area contributed by atoms with Crippen LogP contribution in [0.2, 0.25) is 0 Å². The number of likely N-dealkylation sites (tertiary alicyclic amines) is 1. The summed E-state index contributed by atoms with van der Waals surface area (Å²) in [6.07, 6.45) is 3.82. The average molecular weight is 264 g/mol. The van der Waals surface area contributed by atoms with Gasteiger partial charge in [-0.3, -0.25) is 9.69 Å². The van der Waals surface area contributed by atoms with E-state index >= 15 is 0 Å². The van der Waals surface area contributed by atoms with Crippen LogP contribution in [0.5, 0.6) is 0 Å². The zero-order valence-electron chi connectivity index (χ0n) is 12.0. The van der Waals surface area contributed by atoms with Crippen LogP contribution >= 0.6 is 0 Å². The number of nitrogens with zero attached hydrogens (tertiary/aromatic N) is 2. The number of amides is 1. The summed E-state index contributed by atoms with van der Waals surface area (Å²) < 4.78 is 5.38. The maximum Gasteiger partial charge on any atom is 0.226 e. The molecule has 106 valence electrons. The Morgan fingerprint density at radius 1 is 1.47 bits per heavy atom. The van der Waals surface area contributed by atoms with Gasteiger partial charge in [0.2, 0.25) is 5.91 Å². The van der Waals surface area contributed by atoms with Crippen LogP contribution in [0.4, 0.5) is 0 Å². The van der Waals surface area contributed by atoms with Crippen molar-refractivity contribution < 1.29 is 9.21 Å². The van der Waals surface area contributed by atoms with E-state index in [1.165, 1.54) is 0 Å². The number of rotatable bonds is 5. The lowest BCUT2D eigenvalue weighted by atomic mass is 9.96. The molecule has 1 aromatic rings. The molecule has 1 aromatic heterocycles. The first-order chi connectivity index (χ1) is 9.24. The molecule has 0 radical (unpaired) electrons. The van der Waals surface area contributed by atoms with E-state index in [9.17, 15) is 4.79 Å². The molecular weight excluding hydrogens is 240 g/mol. The second kappa shape index (κ2) is 6.75. The summed E-state index contributed by atoms with van der Waals surface area (Å²) in [6.45, 7) is 8.44. The summed E-state index contributed by atoms with van der Waals surface area (Å²) in [5.41, 5.74) is 0. The Kier molecular flexibility index (Phi) is 5.02. The van der Waals surface area contributed by atoms with Crippen molar-refractivity contribution in [2.45, 2.75) is 33.2 Å². The van der Waals surface area contributed by atoms with Crippen LogP contribution in [0.25, 0.3) is 0 Å². The number of hydrogen-bond donors (Lipinski definition) is 0. The first-order valence-corrected chi connectivity index (χ1v) is 7.28. The second-order valence-corrected chi connectivity index (χ2v) is 5.16. The number of hydrogen-bond acceptors (Lipinski definition) is 3. The molecule has 1 atom stereocenters. The molecule has 1 fully saturated rings. The van der Waals surface area contributed by atoms with E-state index in [2.05, 4.69) is 4.90 Å². The Hall–Kier alpha value is -1.29. The van der Waals surface area contributed by atoms with E-state index in [0.717, 1.165) is 51.3 Å². The average Bonchev–Trinajstić information content (AvgIpc) is 2.93. The molecule has 1 aliphatic rings. The fraction of sp³-hybridized carbons (Fsp3) is 0.667. The van der Waals surface area contributed by atoms with Gasteiger partial charge in [-0.05, 0) is 45.4 Å². The van der Waals surface area contributed by atoms with E-state index in [1.807, 2.05) is 30.9 Å². The summed E-state index contributed by atoms with van der Waals surface area (Å²) in [7, 11) is 0. The molecule has 19 heavy (non-hydrogen) atoms. The summed E-state index contributed by atoms with van der Waals surface area (Å²) in [4.78, 5) is 16.7. The maximum absolute atomic E-state index is 12.4. The monoisotopic (exact) mass is 264 g/mol. The van der Waals surface area contributed by atoms with Crippen molar-refractivity contribution in [2.24, 2.45) is 5.92 Å². The minimum Gasteiger partial charge on any atom is -0.468 e. The van der Waals surface area contributed by atoms with Gasteiger partial charge in [-0.15, -0.1) is 0 Å². The van der Waals surface area contributed by atoms with Crippen LogP contribution < -0.4 is 0 Å². The zero-order valence-corrected chi connectivity index (χ0v) is 12.0. The molecule has 4 heteroatoms. The Bertz CT molecular complexity index is 385. The lowest BCUT2D eigenvalue weighted by molar-refractivity contribution is -0.137. The van der Waals surface area contributed by atoms with Gasteiger partial charge in [0.1, 0.15) is 5.76 Å². The van der Waals surface area contributed by atoms with Gasteiger partial charge in [-0.2, -0.15) is 0 Å². The second-order valence-electron chi connectivity index (χ2n) is 5.16. The minimum absolute atomic E-state index is 0.156. The largest absolute Gasteiger partial charge is 0.468 e. The lowest BCUT2D eigenvalue weighted by Crippen LogP contribution is -2.44. The predicted molar refractivity (Wildman–Crippen MR) is 74.6 cm³/mol. The van der Waals surface area contributed by atoms with Gasteiger partial charge in [-0.1, -0.05) is 0 Å². The fourth-order valence-electron chi connectivity index (χ4n) is 2.82. The molecule has 1 saturated heterocycles. The summed E-state index contributed by atoms with van der Waals surface area (Å²) in [5.74, 6) is 1.45. The lowest BCUT2D eigenvalue weighted by Gasteiger charge is -2.34. The van der Waals surface area contributed by atoms with Gasteiger partial charge in [0.25, 0.3) is 0 Å². The van der Waals surface area contributed by atoms with Gasteiger partial charge < -0.3 is 9.32 Å². The number of carbonyl (C=O) groups excluding carboxylic acids is 1. The number of furan rings is 1. The molecule has 4 nitrogen and oxygen atoms in total. The van der Waals surface area contributed by atoms with Crippen LogP contribution in [-0.2, 0) is 11.3 Å². The number of carbonyl (C=O) groups is 1. The van der Waals surface area contributed by atoms with Crippen molar-refractivity contribution in [1.82, 2.24) is 9.80 Å². The van der Waals surface area contributed by atoms with Gasteiger partial charge in [0, 0.05) is 19.6 Å². The molecular formula is C15H24N2O2. The Labute approximate surface area is 115 Å². The topological polar surface area (TPSA) is 36.7 Å². The van der Waals surface area contributed by atoms with Crippen molar-refractivity contribution in [3.8, 4) is 0 Å². The molecule has 2 rings (SSSR count). The molecule has 1 amide bonds. The van der Waals surface area contributed by atoms with Crippen molar-refractivity contribution >= 4 is 5.91 Å². The van der Waals surface area contributed by atoms with Gasteiger partial charge in [0.15, 0.2) is 0 Å². The van der Waals surface area contributed by atoms with Crippen molar-refractivity contribution in [2.75, 3.05) is 26.2 Å². The zero-order chi connectivity index (χ0) is 13.7. The van der Waals surface area contributed by atoms with Crippen molar-refractivity contribution in [1.29, 1.82) is 0 Å². The van der Waals surface area contributed by atoms with Crippen molar-refractivity contribution in [3.63, 3.8) is 0 Å². The Morgan fingerprint density at radius 2 is 2.26 bits per heavy atom. The normalized spacial score (nSPS) is 20.4. The first-order valence-electron chi connectivity index (χ1n) is 7.28. The Balaban J connectivity index is 1.91. The van der Waals surface area contributed by atoms with Crippen LogP contribution in [0, 0.1) is 5.92 Å². The summed E-state index contributed by atoms with van der Waals surface area (Å²) >= 11 is 0. The highest BCUT2D eigenvalue weighted by molar-refractivity contribution is 5.79. The molecule has 0 saturated carbocycles. The molecule has 0 aliphatic carbocycles. The third-order valence-electron chi connectivity index (χ3n) is 3.89. The van der Waals surface area contributed by atoms with Crippen molar-refractivity contribution in [3.05, 3.63) is 24.2 Å². The highest BCUT2D eigenvalue weighted by Crippen LogP contribution is 2.20. The highest BCUT2D eigenvalue weighted by atomic mass is 16.3. The van der Waals surface area contributed by atoms with E-state index < -0.39 is 0 Å². The Morgan fingerprint density at radius 3 is 2.89 bits per heavy atom. The van der Waals surface area contributed by atoms with E-state index in [1.54, 1.807) is 6.26 Å². The molecule has 1 aliphatic heterocycles. The molecule has 0 spiro atoms. The van der Waals surface area contributed by atoms with E-state index in [-0.39, 0.29) is 5.92 Å². The highest BCUT2D eigenvalue weighted by Gasteiger charge is 2.28. The third-order valence-corrected chi connectivity index (χ3v) is 3.89. The van der Waals surface area contributed by atoms with Crippen LogP contribution in [0.1, 0.15) is 32.4 Å². The van der Waals surface area contributed by atoms with E-state index in [4.69, 9.17) is 4.42 Å². The molecule has 0 N–H and O–H groups in total. The van der Waals surface area contributed by atoms with Crippen LogP contribution in [0.3, 0.4) is 0 Å². The molecule has 0 bridgehead atoms. The third kappa shape index (κ3) is 3.60. The van der Waals surface area contributed by atoms with Gasteiger partial charge in [0.05, 0.1) is 18.7 Å². The predicted octanol–water partition coefficient (Wildman–Crippen LogP) is 2.36. The smallest absolute Gasteiger partial charge is 0.226 e. The SMILES string of the molecule is CCN(CC)C(=O)C1CCCN(Cc2ccco2)C1. The van der Waals surface area contributed by atoms with Gasteiger partial charge >= 0.3 is 0 Å². The summed E-state index contributed by atoms with van der Waals surface area (Å²) in [5, 5.41) is 0. The fourth-order valence-corrected chi connectivity index (χ4v) is 2.82. The molecule has 1 unspecified atom stereocenters. The maximum atomic E-state index is 12.4. The molecule has 2 heterocycles. The molecule has 0 aromatic carbocycles. The van der Waals surface area contributed by atoms with Crippen LogP contribution in [-0.4, -0.2) is 41.9 Å². The summed E-state index contributed by atoms with van der Waals surface area (Å²) in [6, 6.07) is 3.91. The van der Waals surface area contributed by atoms with E-state index in [0.29, 0.717) is 5.91 Å². The number of piperidine rings is 1. The van der Waals surface area contributed by atoms with Crippen LogP contribution in [0.15, 0.2) is 22.8 Å². The minimum atomic E-state index is 0.156. The quantitative estimate of drug-likeness (QED) is 0.819.